The van der Waals surface area contributed by atoms with Gasteiger partial charge in [-0.05, 0) is 67.6 Å². The molecule has 0 saturated carbocycles. The van der Waals surface area contributed by atoms with Crippen molar-refractivity contribution in [2.24, 2.45) is 11.7 Å². The molecule has 4 heteroatoms. The Morgan fingerprint density at radius 1 is 1.24 bits per heavy atom. The van der Waals surface area contributed by atoms with Crippen LogP contribution in [0.3, 0.4) is 0 Å². The molecule has 1 fully saturated rings. The second kappa shape index (κ2) is 6.99. The first-order chi connectivity index (χ1) is 12.2. The van der Waals surface area contributed by atoms with Crippen molar-refractivity contribution in [2.45, 2.75) is 31.9 Å². The predicted octanol–water partition coefficient (Wildman–Crippen LogP) is 3.97. The summed E-state index contributed by atoms with van der Waals surface area (Å²) in [4.78, 5) is 2.56. The van der Waals surface area contributed by atoms with Gasteiger partial charge in [0, 0.05) is 6.54 Å². The summed E-state index contributed by atoms with van der Waals surface area (Å²) in [5.74, 6) is 1.38. The molecule has 3 atom stereocenters. The van der Waals surface area contributed by atoms with Crippen molar-refractivity contribution in [2.75, 3.05) is 19.6 Å². The highest BCUT2D eigenvalue weighted by Gasteiger charge is 2.40. The van der Waals surface area contributed by atoms with Gasteiger partial charge in [0.1, 0.15) is 11.9 Å². The molecule has 0 radical (unpaired) electrons. The van der Waals surface area contributed by atoms with Crippen molar-refractivity contribution < 1.29 is 4.74 Å². The Hall–Kier alpha value is -1.55. The van der Waals surface area contributed by atoms with Crippen molar-refractivity contribution in [3.63, 3.8) is 0 Å². The van der Waals surface area contributed by atoms with Crippen LogP contribution >= 0.6 is 11.6 Å². The van der Waals surface area contributed by atoms with E-state index in [0.29, 0.717) is 17.0 Å². The fourth-order valence-corrected chi connectivity index (χ4v) is 4.47. The lowest BCUT2D eigenvalue weighted by atomic mass is 10.1. The Morgan fingerprint density at radius 3 is 2.84 bits per heavy atom. The van der Waals surface area contributed by atoms with Gasteiger partial charge in [-0.25, -0.2) is 0 Å². The fraction of sp³-hybridized carbons (Fsp3) is 0.429. The number of benzene rings is 2. The second-order valence-electron chi connectivity index (χ2n) is 7.33. The highest BCUT2D eigenvalue weighted by atomic mass is 35.5. The number of hydrogen-bond donors (Lipinski definition) is 1. The van der Waals surface area contributed by atoms with E-state index >= 15 is 0 Å². The van der Waals surface area contributed by atoms with Crippen LogP contribution in [0.5, 0.6) is 5.75 Å². The number of aryl methyl sites for hydroxylation is 1. The first-order valence-corrected chi connectivity index (χ1v) is 9.48. The van der Waals surface area contributed by atoms with Gasteiger partial charge in [0.05, 0.1) is 11.1 Å². The maximum Gasteiger partial charge on any atom is 0.140 e. The molecule has 25 heavy (non-hydrogen) atoms. The number of nitrogens with zero attached hydrogens (tertiary/aromatic N) is 1. The Labute approximate surface area is 154 Å². The largest absolute Gasteiger partial charge is 0.483 e. The van der Waals surface area contributed by atoms with Gasteiger partial charge in [-0.3, -0.25) is 4.90 Å². The quantitative estimate of drug-likeness (QED) is 0.900. The molecule has 132 valence electrons. The van der Waals surface area contributed by atoms with Gasteiger partial charge in [-0.2, -0.15) is 0 Å². The van der Waals surface area contributed by atoms with Crippen molar-refractivity contribution >= 4 is 11.6 Å². The molecule has 1 aliphatic carbocycles. The van der Waals surface area contributed by atoms with Crippen LogP contribution in [0.1, 0.15) is 29.2 Å². The van der Waals surface area contributed by atoms with Crippen molar-refractivity contribution in [1.29, 1.82) is 0 Å². The lowest BCUT2D eigenvalue weighted by Gasteiger charge is -2.30. The monoisotopic (exact) mass is 356 g/mol. The van der Waals surface area contributed by atoms with Crippen LogP contribution in [0, 0.1) is 12.8 Å². The molecule has 1 heterocycles. The number of hydrogen-bond acceptors (Lipinski definition) is 3. The first-order valence-electron chi connectivity index (χ1n) is 9.10. The van der Waals surface area contributed by atoms with Crippen LogP contribution in [0.25, 0.3) is 0 Å². The molecular weight excluding hydrogens is 332 g/mol. The van der Waals surface area contributed by atoms with Crippen LogP contribution in [-0.4, -0.2) is 30.6 Å². The van der Waals surface area contributed by atoms with E-state index < -0.39 is 0 Å². The zero-order valence-corrected chi connectivity index (χ0v) is 15.4. The SMILES string of the molecule is Cc1ccc(O[C@@H]2c3ccccc3C[C@H]2N2CC[C@H](CN)C2)c(Cl)c1. The zero-order chi connectivity index (χ0) is 17.4. The molecular formula is C21H25ClN2O. The molecule has 0 aromatic heterocycles. The summed E-state index contributed by atoms with van der Waals surface area (Å²) in [5, 5.41) is 0.685. The summed E-state index contributed by atoms with van der Waals surface area (Å²) in [5.41, 5.74) is 9.72. The van der Waals surface area contributed by atoms with Crippen molar-refractivity contribution in [3.8, 4) is 5.75 Å². The van der Waals surface area contributed by atoms with E-state index in [1.165, 1.54) is 17.5 Å². The lowest BCUT2D eigenvalue weighted by molar-refractivity contribution is 0.0918. The lowest BCUT2D eigenvalue weighted by Crippen LogP contribution is -2.39. The minimum absolute atomic E-state index is 0.0212. The van der Waals surface area contributed by atoms with E-state index in [4.69, 9.17) is 22.1 Å². The standard InChI is InChI=1S/C21H25ClN2O/c1-14-6-7-20(18(22)10-14)25-21-17-5-3-2-4-16(17)11-19(21)24-9-8-15(12-23)13-24/h2-7,10,15,19,21H,8-9,11-13,23H2,1H3/t15-,19-,21-/m1/s1. The highest BCUT2D eigenvalue weighted by Crippen LogP contribution is 2.41. The van der Waals surface area contributed by atoms with Gasteiger partial charge in [0.15, 0.2) is 0 Å². The van der Waals surface area contributed by atoms with Gasteiger partial charge in [-0.15, -0.1) is 0 Å². The smallest absolute Gasteiger partial charge is 0.140 e. The van der Waals surface area contributed by atoms with E-state index in [9.17, 15) is 0 Å². The van der Waals surface area contributed by atoms with E-state index in [-0.39, 0.29) is 6.10 Å². The number of likely N-dealkylation sites (tertiary alicyclic amines) is 1. The maximum absolute atomic E-state index is 6.48. The fourth-order valence-electron chi connectivity index (χ4n) is 4.19. The molecule has 2 aromatic rings. The van der Waals surface area contributed by atoms with Crippen LogP contribution in [0.15, 0.2) is 42.5 Å². The minimum atomic E-state index is 0.0212. The van der Waals surface area contributed by atoms with E-state index in [1.54, 1.807) is 0 Å². The third kappa shape index (κ3) is 3.29. The predicted molar refractivity (Wildman–Crippen MR) is 102 cm³/mol. The third-order valence-electron chi connectivity index (χ3n) is 5.60. The number of nitrogens with two attached hydrogens (primary N) is 1. The molecule has 0 bridgehead atoms. The van der Waals surface area contributed by atoms with Crippen molar-refractivity contribution in [1.82, 2.24) is 4.90 Å². The summed E-state index contributed by atoms with van der Waals surface area (Å²) in [6.45, 7) is 4.98. The zero-order valence-electron chi connectivity index (χ0n) is 14.6. The molecule has 2 aromatic carbocycles. The van der Waals surface area contributed by atoms with Crippen LogP contribution in [0.4, 0.5) is 0 Å². The van der Waals surface area contributed by atoms with Gasteiger partial charge >= 0.3 is 0 Å². The van der Waals surface area contributed by atoms with E-state index in [2.05, 4.69) is 35.2 Å². The Morgan fingerprint density at radius 2 is 2.08 bits per heavy atom. The van der Waals surface area contributed by atoms with Gasteiger partial charge in [0.2, 0.25) is 0 Å². The molecule has 0 spiro atoms. The number of fused-ring (bicyclic) bond motifs is 1. The van der Waals surface area contributed by atoms with Crippen LogP contribution in [0.2, 0.25) is 5.02 Å². The summed E-state index contributed by atoms with van der Waals surface area (Å²) in [6.07, 6.45) is 2.23. The topological polar surface area (TPSA) is 38.5 Å². The van der Waals surface area contributed by atoms with E-state index in [1.807, 2.05) is 19.1 Å². The number of halogens is 1. The van der Waals surface area contributed by atoms with Crippen LogP contribution < -0.4 is 10.5 Å². The highest BCUT2D eigenvalue weighted by molar-refractivity contribution is 6.32. The maximum atomic E-state index is 6.48. The normalized spacial score (nSPS) is 26.0. The molecule has 3 nitrogen and oxygen atoms in total. The molecule has 0 amide bonds. The van der Waals surface area contributed by atoms with Crippen LogP contribution in [-0.2, 0) is 6.42 Å². The second-order valence-corrected chi connectivity index (χ2v) is 7.74. The Kier molecular flexibility index (Phi) is 4.72. The molecule has 0 unspecified atom stereocenters. The van der Waals surface area contributed by atoms with Gasteiger partial charge in [0.25, 0.3) is 0 Å². The molecule has 1 aliphatic heterocycles. The third-order valence-corrected chi connectivity index (χ3v) is 5.90. The average Bonchev–Trinajstić information content (AvgIpc) is 3.22. The molecule has 2 aliphatic rings. The minimum Gasteiger partial charge on any atom is -0.483 e. The number of rotatable bonds is 4. The summed E-state index contributed by atoms with van der Waals surface area (Å²) < 4.78 is 6.48. The Bertz CT molecular complexity index is 763. The first kappa shape index (κ1) is 16.9. The average molecular weight is 357 g/mol. The van der Waals surface area contributed by atoms with E-state index in [0.717, 1.165) is 37.4 Å². The summed E-state index contributed by atoms with van der Waals surface area (Å²) in [6, 6.07) is 15.0. The Balaban J connectivity index is 1.63. The molecule has 4 rings (SSSR count). The molecule has 2 N–H and O–H groups in total. The van der Waals surface area contributed by atoms with Gasteiger partial charge in [-0.1, -0.05) is 41.9 Å². The summed E-state index contributed by atoms with van der Waals surface area (Å²) in [7, 11) is 0. The summed E-state index contributed by atoms with van der Waals surface area (Å²) >= 11 is 6.43. The van der Waals surface area contributed by atoms with Gasteiger partial charge < -0.3 is 10.5 Å². The molecule has 1 saturated heterocycles. The number of ether oxygens (including phenoxy) is 1. The van der Waals surface area contributed by atoms with Crippen molar-refractivity contribution in [3.05, 3.63) is 64.2 Å².